The van der Waals surface area contributed by atoms with Gasteiger partial charge in [-0.1, -0.05) is 6.07 Å². The van der Waals surface area contributed by atoms with Crippen molar-refractivity contribution in [1.82, 2.24) is 9.29 Å². The zero-order valence-electron chi connectivity index (χ0n) is 14.3. The molecule has 0 spiro atoms. The van der Waals surface area contributed by atoms with Crippen LogP contribution in [0.1, 0.15) is 0 Å². The molecule has 0 radical (unpaired) electrons. The van der Waals surface area contributed by atoms with Crippen LogP contribution in [0.5, 0.6) is 11.5 Å². The van der Waals surface area contributed by atoms with E-state index in [1.807, 2.05) is 0 Å². The van der Waals surface area contributed by atoms with Gasteiger partial charge in [-0.2, -0.15) is 0 Å². The number of oxazole rings is 1. The van der Waals surface area contributed by atoms with Crippen LogP contribution < -0.4 is 20.0 Å². The van der Waals surface area contributed by atoms with Crippen LogP contribution in [0.25, 0.3) is 11.1 Å². The van der Waals surface area contributed by atoms with E-state index in [0.29, 0.717) is 22.6 Å². The summed E-state index contributed by atoms with van der Waals surface area (Å²) in [5.41, 5.74) is 0.739. The third-order valence-corrected chi connectivity index (χ3v) is 5.24. The van der Waals surface area contributed by atoms with E-state index in [9.17, 15) is 13.2 Å². The molecule has 9 heteroatoms. The van der Waals surface area contributed by atoms with Gasteiger partial charge in [0.05, 0.1) is 17.5 Å². The van der Waals surface area contributed by atoms with Crippen LogP contribution in [0.15, 0.2) is 56.6 Å². The van der Waals surface area contributed by atoms with Crippen molar-refractivity contribution >= 4 is 21.1 Å². The van der Waals surface area contributed by atoms with Crippen LogP contribution >= 0.6 is 0 Å². The highest BCUT2D eigenvalue weighted by Gasteiger charge is 2.16. The summed E-state index contributed by atoms with van der Waals surface area (Å²) >= 11 is 0. The van der Waals surface area contributed by atoms with Crippen LogP contribution in [0.3, 0.4) is 0 Å². The minimum atomic E-state index is -3.74. The molecule has 8 nitrogen and oxygen atoms in total. The van der Waals surface area contributed by atoms with Crippen LogP contribution in [0, 0.1) is 0 Å². The predicted octanol–water partition coefficient (Wildman–Crippen LogP) is 1.50. The summed E-state index contributed by atoms with van der Waals surface area (Å²) < 4.78 is 44.1. The lowest BCUT2D eigenvalue weighted by Crippen LogP contribution is -2.28. The molecule has 0 saturated heterocycles. The van der Waals surface area contributed by atoms with Crippen molar-refractivity contribution in [3.8, 4) is 11.5 Å². The number of nitrogens with zero attached hydrogens (tertiary/aromatic N) is 1. The molecule has 0 amide bonds. The molecular weight excluding hydrogens is 360 g/mol. The molecule has 1 aromatic heterocycles. The van der Waals surface area contributed by atoms with E-state index in [4.69, 9.17) is 13.9 Å². The Hall–Kier alpha value is -2.78. The number of hydrogen-bond donors (Lipinski definition) is 1. The molecule has 0 aliphatic rings. The van der Waals surface area contributed by atoms with E-state index < -0.39 is 15.8 Å². The van der Waals surface area contributed by atoms with Gasteiger partial charge in [-0.05, 0) is 30.3 Å². The number of sulfonamides is 1. The quantitative estimate of drug-likeness (QED) is 0.626. The second kappa shape index (κ2) is 7.22. The SMILES string of the molecule is COc1cccc(OCCNS(=O)(=O)c2ccc3oc(=O)n(C)c3c2)c1. The van der Waals surface area contributed by atoms with Gasteiger partial charge in [0.25, 0.3) is 0 Å². The van der Waals surface area contributed by atoms with Crippen molar-refractivity contribution < 1.29 is 22.3 Å². The van der Waals surface area contributed by atoms with Gasteiger partial charge in [0.2, 0.25) is 10.0 Å². The Kier molecular flexibility index (Phi) is 5.01. The summed E-state index contributed by atoms with van der Waals surface area (Å²) in [5.74, 6) is 0.690. The van der Waals surface area contributed by atoms with Gasteiger partial charge in [0, 0.05) is 19.7 Å². The molecule has 0 atom stereocenters. The number of benzene rings is 2. The van der Waals surface area contributed by atoms with Crippen molar-refractivity contribution in [3.63, 3.8) is 0 Å². The maximum absolute atomic E-state index is 12.4. The monoisotopic (exact) mass is 378 g/mol. The van der Waals surface area contributed by atoms with Crippen molar-refractivity contribution in [2.75, 3.05) is 20.3 Å². The Morgan fingerprint density at radius 1 is 1.15 bits per heavy atom. The van der Waals surface area contributed by atoms with Gasteiger partial charge in [-0.25, -0.2) is 17.9 Å². The summed E-state index contributed by atoms with van der Waals surface area (Å²) in [6.07, 6.45) is 0. The Morgan fingerprint density at radius 2 is 1.92 bits per heavy atom. The van der Waals surface area contributed by atoms with E-state index in [-0.39, 0.29) is 18.0 Å². The molecule has 0 saturated carbocycles. The van der Waals surface area contributed by atoms with Gasteiger partial charge in [0.1, 0.15) is 18.1 Å². The predicted molar refractivity (Wildman–Crippen MR) is 95.1 cm³/mol. The van der Waals surface area contributed by atoms with Crippen molar-refractivity contribution in [2.24, 2.45) is 7.05 Å². The Labute approximate surface area is 150 Å². The summed E-state index contributed by atoms with van der Waals surface area (Å²) in [6.45, 7) is 0.237. The van der Waals surface area contributed by atoms with Crippen LogP contribution in [0.4, 0.5) is 0 Å². The van der Waals surface area contributed by atoms with Gasteiger partial charge in [-0.15, -0.1) is 0 Å². The van der Waals surface area contributed by atoms with E-state index >= 15 is 0 Å². The van der Waals surface area contributed by atoms with Crippen molar-refractivity contribution in [2.45, 2.75) is 4.90 Å². The van der Waals surface area contributed by atoms with Gasteiger partial charge < -0.3 is 13.9 Å². The fourth-order valence-corrected chi connectivity index (χ4v) is 3.43. The maximum atomic E-state index is 12.4. The normalized spacial score (nSPS) is 11.6. The minimum Gasteiger partial charge on any atom is -0.497 e. The largest absolute Gasteiger partial charge is 0.497 e. The molecule has 3 rings (SSSR count). The third kappa shape index (κ3) is 3.73. The molecule has 1 heterocycles. The van der Waals surface area contributed by atoms with Crippen molar-refractivity contribution in [3.05, 3.63) is 53.0 Å². The lowest BCUT2D eigenvalue weighted by molar-refractivity contribution is 0.320. The fourth-order valence-electron chi connectivity index (χ4n) is 2.39. The highest BCUT2D eigenvalue weighted by atomic mass is 32.2. The second-order valence-corrected chi connectivity index (χ2v) is 7.25. The third-order valence-electron chi connectivity index (χ3n) is 3.78. The standard InChI is InChI=1S/C17H18N2O6S/c1-19-15-11-14(6-7-16(15)25-17(19)20)26(21,22)18-8-9-24-13-5-3-4-12(10-13)23-2/h3-7,10-11,18H,8-9H2,1-2H3. The summed E-state index contributed by atoms with van der Waals surface area (Å²) in [5, 5.41) is 0. The molecule has 138 valence electrons. The lowest BCUT2D eigenvalue weighted by Gasteiger charge is -2.09. The maximum Gasteiger partial charge on any atom is 0.419 e. The molecule has 0 unspecified atom stereocenters. The number of aromatic nitrogens is 1. The number of methoxy groups -OCH3 is 1. The second-order valence-electron chi connectivity index (χ2n) is 5.48. The highest BCUT2D eigenvalue weighted by Crippen LogP contribution is 2.19. The van der Waals surface area contributed by atoms with Crippen LogP contribution in [-0.4, -0.2) is 33.2 Å². The van der Waals surface area contributed by atoms with E-state index in [1.54, 1.807) is 31.4 Å². The molecule has 0 aliphatic heterocycles. The van der Waals surface area contributed by atoms with Gasteiger partial charge in [-0.3, -0.25) is 4.57 Å². The molecule has 0 aliphatic carbocycles. The Morgan fingerprint density at radius 3 is 2.69 bits per heavy atom. The smallest absolute Gasteiger partial charge is 0.419 e. The summed E-state index contributed by atoms with van der Waals surface area (Å²) in [7, 11) is -0.669. The molecular formula is C17H18N2O6S. The molecule has 0 bridgehead atoms. The number of aryl methyl sites for hydroxylation is 1. The first-order valence-corrected chi connectivity index (χ1v) is 9.25. The van der Waals surface area contributed by atoms with Gasteiger partial charge in [0.15, 0.2) is 5.58 Å². The molecule has 2 aromatic carbocycles. The van der Waals surface area contributed by atoms with E-state index in [0.717, 1.165) is 0 Å². The molecule has 3 aromatic rings. The topological polar surface area (TPSA) is 99.8 Å². The van der Waals surface area contributed by atoms with E-state index in [1.165, 1.54) is 29.8 Å². The molecule has 0 fully saturated rings. The number of fused-ring (bicyclic) bond motifs is 1. The summed E-state index contributed by atoms with van der Waals surface area (Å²) in [4.78, 5) is 11.5. The van der Waals surface area contributed by atoms with Gasteiger partial charge >= 0.3 is 5.76 Å². The Bertz CT molecular complexity index is 1080. The highest BCUT2D eigenvalue weighted by molar-refractivity contribution is 7.89. The van der Waals surface area contributed by atoms with Crippen molar-refractivity contribution in [1.29, 1.82) is 0 Å². The first-order valence-electron chi connectivity index (χ1n) is 7.77. The summed E-state index contributed by atoms with van der Waals surface area (Å²) in [6, 6.07) is 11.3. The average Bonchev–Trinajstić information content (AvgIpc) is 2.93. The lowest BCUT2D eigenvalue weighted by atomic mass is 10.3. The van der Waals surface area contributed by atoms with E-state index in [2.05, 4.69) is 4.72 Å². The average molecular weight is 378 g/mol. The molecule has 26 heavy (non-hydrogen) atoms. The number of ether oxygens (including phenoxy) is 2. The number of rotatable bonds is 7. The van der Waals surface area contributed by atoms with Crippen LogP contribution in [0.2, 0.25) is 0 Å². The Balaban J connectivity index is 1.65. The zero-order valence-corrected chi connectivity index (χ0v) is 15.1. The molecule has 1 N–H and O–H groups in total. The first-order chi connectivity index (χ1) is 12.4. The minimum absolute atomic E-state index is 0.0442. The van der Waals surface area contributed by atoms with Crippen LogP contribution in [-0.2, 0) is 17.1 Å². The fraction of sp³-hybridized carbons (Fsp3) is 0.235. The number of hydrogen-bond acceptors (Lipinski definition) is 6. The number of nitrogens with one attached hydrogen (secondary N) is 1. The zero-order chi connectivity index (χ0) is 18.7. The first kappa shape index (κ1) is 18.0.